The van der Waals surface area contributed by atoms with Crippen LogP contribution < -0.4 is 4.72 Å². The summed E-state index contributed by atoms with van der Waals surface area (Å²) in [5.41, 5.74) is 1.02. The van der Waals surface area contributed by atoms with E-state index in [1.54, 1.807) is 25.1 Å². The molecule has 0 radical (unpaired) electrons. The van der Waals surface area contributed by atoms with Gasteiger partial charge in [0, 0.05) is 10.2 Å². The second-order valence-corrected chi connectivity index (χ2v) is 6.66. The van der Waals surface area contributed by atoms with Gasteiger partial charge in [-0.1, -0.05) is 22.0 Å². The molecule has 0 saturated heterocycles. The number of rotatable bonds is 3. The number of anilines is 1. The molecule has 0 fully saturated rings. The minimum Gasteiger partial charge on any atom is -0.508 e. The van der Waals surface area contributed by atoms with Crippen molar-refractivity contribution < 1.29 is 13.5 Å². The molecule has 0 bridgehead atoms. The van der Waals surface area contributed by atoms with Gasteiger partial charge < -0.3 is 5.11 Å². The lowest BCUT2D eigenvalue weighted by Gasteiger charge is -2.09. The van der Waals surface area contributed by atoms with E-state index in [0.29, 0.717) is 15.7 Å². The molecule has 0 unspecified atom stereocenters. The van der Waals surface area contributed by atoms with Gasteiger partial charge in [0.05, 0.1) is 4.90 Å². The van der Waals surface area contributed by atoms with Crippen molar-refractivity contribution in [2.45, 2.75) is 11.8 Å². The maximum Gasteiger partial charge on any atom is 0.261 e. The number of phenols is 1. The van der Waals surface area contributed by atoms with Crippen LogP contribution in [0.1, 0.15) is 5.56 Å². The first-order valence-corrected chi connectivity index (χ1v) is 7.74. The number of aromatic hydroxyl groups is 1. The zero-order valence-electron chi connectivity index (χ0n) is 10.1. The predicted octanol–water partition coefficient (Wildman–Crippen LogP) is 3.26. The highest BCUT2D eigenvalue weighted by Gasteiger charge is 2.14. The molecule has 0 aliphatic carbocycles. The van der Waals surface area contributed by atoms with Gasteiger partial charge in [0.2, 0.25) is 0 Å². The maximum absolute atomic E-state index is 12.2. The van der Waals surface area contributed by atoms with Crippen molar-refractivity contribution in [3.8, 4) is 5.75 Å². The van der Waals surface area contributed by atoms with E-state index in [1.807, 2.05) is 0 Å². The monoisotopic (exact) mass is 341 g/mol. The maximum atomic E-state index is 12.2. The molecule has 0 aliphatic heterocycles. The summed E-state index contributed by atoms with van der Waals surface area (Å²) < 4.78 is 27.5. The standard InChI is InChI=1S/C13H12BrNO3S/c1-9-7-11(5-6-13(9)16)15-19(17,18)12-4-2-3-10(14)8-12/h2-8,15-16H,1H3. The van der Waals surface area contributed by atoms with E-state index in [2.05, 4.69) is 20.7 Å². The first-order chi connectivity index (χ1) is 8.88. The van der Waals surface area contributed by atoms with E-state index in [0.717, 1.165) is 0 Å². The molecule has 6 heteroatoms. The molecule has 0 spiro atoms. The highest BCUT2D eigenvalue weighted by molar-refractivity contribution is 9.10. The fraction of sp³-hybridized carbons (Fsp3) is 0.0769. The molecular formula is C13H12BrNO3S. The third-order valence-electron chi connectivity index (χ3n) is 2.56. The fourth-order valence-corrected chi connectivity index (χ4v) is 3.21. The predicted molar refractivity (Wildman–Crippen MR) is 77.8 cm³/mol. The Kier molecular flexibility index (Phi) is 3.82. The second kappa shape index (κ2) is 5.22. The zero-order valence-corrected chi connectivity index (χ0v) is 12.5. The third kappa shape index (κ3) is 3.27. The Morgan fingerprint density at radius 1 is 1.16 bits per heavy atom. The summed E-state index contributed by atoms with van der Waals surface area (Å²) in [4.78, 5) is 0.174. The normalized spacial score (nSPS) is 11.3. The summed E-state index contributed by atoms with van der Waals surface area (Å²) in [6.45, 7) is 1.70. The number of sulfonamides is 1. The van der Waals surface area contributed by atoms with Gasteiger partial charge in [-0.05, 0) is 48.9 Å². The summed E-state index contributed by atoms with van der Waals surface area (Å²) >= 11 is 3.24. The topological polar surface area (TPSA) is 66.4 Å². The molecule has 2 rings (SSSR count). The molecule has 2 aromatic carbocycles. The highest BCUT2D eigenvalue weighted by Crippen LogP contribution is 2.23. The summed E-state index contributed by atoms with van der Waals surface area (Å²) in [5, 5.41) is 9.41. The van der Waals surface area contributed by atoms with Crippen molar-refractivity contribution in [1.82, 2.24) is 0 Å². The molecule has 19 heavy (non-hydrogen) atoms. The zero-order chi connectivity index (χ0) is 14.0. The Balaban J connectivity index is 2.33. The van der Waals surface area contributed by atoms with Gasteiger partial charge in [-0.25, -0.2) is 8.42 Å². The van der Waals surface area contributed by atoms with Crippen LogP contribution in [0.3, 0.4) is 0 Å². The van der Waals surface area contributed by atoms with Gasteiger partial charge in [-0.15, -0.1) is 0 Å². The SMILES string of the molecule is Cc1cc(NS(=O)(=O)c2cccc(Br)c2)ccc1O. The summed E-state index contributed by atoms with van der Waals surface area (Å²) in [6, 6.07) is 11.0. The Bertz CT molecular complexity index is 714. The largest absolute Gasteiger partial charge is 0.508 e. The molecule has 100 valence electrons. The van der Waals surface area contributed by atoms with E-state index in [9.17, 15) is 13.5 Å². The second-order valence-electron chi connectivity index (χ2n) is 4.06. The fourth-order valence-electron chi connectivity index (χ4n) is 1.57. The van der Waals surface area contributed by atoms with E-state index in [1.165, 1.54) is 24.3 Å². The van der Waals surface area contributed by atoms with Crippen LogP contribution in [0.5, 0.6) is 5.75 Å². The van der Waals surface area contributed by atoms with Crippen molar-refractivity contribution in [2.24, 2.45) is 0 Å². The van der Waals surface area contributed by atoms with Crippen LogP contribution in [0, 0.1) is 6.92 Å². The minimum atomic E-state index is -3.63. The molecular weight excluding hydrogens is 330 g/mol. The number of benzene rings is 2. The summed E-state index contributed by atoms with van der Waals surface area (Å²) in [7, 11) is -3.63. The van der Waals surface area contributed by atoms with Crippen LogP contribution in [-0.4, -0.2) is 13.5 Å². The molecule has 0 saturated carbocycles. The smallest absolute Gasteiger partial charge is 0.261 e. The van der Waals surface area contributed by atoms with Crippen molar-refractivity contribution in [2.75, 3.05) is 4.72 Å². The molecule has 0 heterocycles. The molecule has 0 aliphatic rings. The number of phenolic OH excluding ortho intramolecular Hbond substituents is 1. The summed E-state index contributed by atoms with van der Waals surface area (Å²) in [6.07, 6.45) is 0. The van der Waals surface area contributed by atoms with Gasteiger partial charge >= 0.3 is 0 Å². The molecule has 4 nitrogen and oxygen atoms in total. The van der Waals surface area contributed by atoms with Gasteiger partial charge in [-0.2, -0.15) is 0 Å². The minimum absolute atomic E-state index is 0.130. The van der Waals surface area contributed by atoms with E-state index < -0.39 is 10.0 Å². The van der Waals surface area contributed by atoms with Crippen LogP contribution in [0.2, 0.25) is 0 Å². The lowest BCUT2D eigenvalue weighted by Crippen LogP contribution is -2.12. The number of hydrogen-bond acceptors (Lipinski definition) is 3. The van der Waals surface area contributed by atoms with Crippen LogP contribution in [0.4, 0.5) is 5.69 Å². The van der Waals surface area contributed by atoms with Crippen molar-refractivity contribution in [1.29, 1.82) is 0 Å². The van der Waals surface area contributed by atoms with E-state index in [4.69, 9.17) is 0 Å². The Labute approximate surface area is 120 Å². The van der Waals surface area contributed by atoms with Crippen molar-refractivity contribution in [3.05, 3.63) is 52.5 Å². The highest BCUT2D eigenvalue weighted by atomic mass is 79.9. The van der Waals surface area contributed by atoms with E-state index in [-0.39, 0.29) is 10.6 Å². The van der Waals surface area contributed by atoms with Crippen molar-refractivity contribution in [3.63, 3.8) is 0 Å². The van der Waals surface area contributed by atoms with Gasteiger partial charge in [0.1, 0.15) is 5.75 Å². The van der Waals surface area contributed by atoms with Crippen LogP contribution in [0.25, 0.3) is 0 Å². The molecule has 2 aromatic rings. The molecule has 0 atom stereocenters. The van der Waals surface area contributed by atoms with Gasteiger partial charge in [-0.3, -0.25) is 4.72 Å². The lowest BCUT2D eigenvalue weighted by atomic mass is 10.2. The molecule has 0 amide bonds. The average Bonchev–Trinajstić information content (AvgIpc) is 2.33. The Hall–Kier alpha value is -1.53. The van der Waals surface area contributed by atoms with Crippen LogP contribution in [0.15, 0.2) is 51.8 Å². The first-order valence-electron chi connectivity index (χ1n) is 5.46. The summed E-state index contributed by atoms with van der Waals surface area (Å²) in [5.74, 6) is 0.130. The molecule has 0 aromatic heterocycles. The number of nitrogens with one attached hydrogen (secondary N) is 1. The first kappa shape index (κ1) is 13.9. The van der Waals surface area contributed by atoms with Crippen molar-refractivity contribution >= 4 is 31.6 Å². The Morgan fingerprint density at radius 3 is 2.53 bits per heavy atom. The van der Waals surface area contributed by atoms with Crippen LogP contribution >= 0.6 is 15.9 Å². The van der Waals surface area contributed by atoms with Crippen LogP contribution in [-0.2, 0) is 10.0 Å². The number of aryl methyl sites for hydroxylation is 1. The van der Waals surface area contributed by atoms with Gasteiger partial charge in [0.25, 0.3) is 10.0 Å². The quantitative estimate of drug-likeness (QED) is 0.842. The van der Waals surface area contributed by atoms with E-state index >= 15 is 0 Å². The lowest BCUT2D eigenvalue weighted by molar-refractivity contribution is 0.471. The molecule has 2 N–H and O–H groups in total. The number of hydrogen-bond donors (Lipinski definition) is 2. The number of halogens is 1. The average molecular weight is 342 g/mol. The Morgan fingerprint density at radius 2 is 1.89 bits per heavy atom. The van der Waals surface area contributed by atoms with Gasteiger partial charge in [0.15, 0.2) is 0 Å². The third-order valence-corrected chi connectivity index (χ3v) is 4.43.